The van der Waals surface area contributed by atoms with Gasteiger partial charge in [0.25, 0.3) is 5.91 Å². The summed E-state index contributed by atoms with van der Waals surface area (Å²) in [7, 11) is 1.62. The lowest BCUT2D eigenvalue weighted by Gasteiger charge is -2.34. The molecule has 1 aromatic rings. The van der Waals surface area contributed by atoms with Gasteiger partial charge in [0, 0.05) is 18.1 Å². The molecule has 1 aliphatic heterocycles. The summed E-state index contributed by atoms with van der Waals surface area (Å²) in [6.45, 7) is 2.16. The third-order valence-electron chi connectivity index (χ3n) is 3.56. The molecule has 1 saturated heterocycles. The van der Waals surface area contributed by atoms with Crippen LogP contribution in [0.5, 0.6) is 0 Å². The van der Waals surface area contributed by atoms with Gasteiger partial charge in [-0.15, -0.1) is 0 Å². The van der Waals surface area contributed by atoms with Crippen molar-refractivity contribution in [3.8, 4) is 0 Å². The average Bonchev–Trinajstić information content (AvgIpc) is 2.45. The van der Waals surface area contributed by atoms with Crippen molar-refractivity contribution in [2.75, 3.05) is 20.2 Å². The summed E-state index contributed by atoms with van der Waals surface area (Å²) < 4.78 is 6.51. The van der Waals surface area contributed by atoms with Gasteiger partial charge in [-0.1, -0.05) is 28.1 Å². The number of carbonyl (C=O) groups excluding carboxylic acids is 1. The van der Waals surface area contributed by atoms with Crippen molar-refractivity contribution < 1.29 is 9.53 Å². The number of hydrogen-bond donors (Lipinski definition) is 2. The number of methoxy groups -OCH3 is 1. The fourth-order valence-corrected chi connectivity index (χ4v) is 2.79. The minimum atomic E-state index is -0.669. The number of benzene rings is 1. The standard InChI is InChI=1S/C14H19BrN2O2/c1-19-14(5-7-16-8-6-14)13(18)17-10-11-3-2-4-12(15)9-11/h2-4,9,16H,5-8,10H2,1H3,(H,17,18). The number of nitrogens with one attached hydrogen (secondary N) is 2. The van der Waals surface area contributed by atoms with Crippen LogP contribution < -0.4 is 10.6 Å². The first-order valence-corrected chi connectivity index (χ1v) is 7.24. The normalized spacial score (nSPS) is 18.0. The summed E-state index contributed by atoms with van der Waals surface area (Å²) in [6.07, 6.45) is 1.43. The van der Waals surface area contributed by atoms with E-state index in [-0.39, 0.29) is 5.91 Å². The molecule has 0 spiro atoms. The molecule has 1 heterocycles. The summed E-state index contributed by atoms with van der Waals surface area (Å²) in [4.78, 5) is 12.3. The second kappa shape index (κ2) is 6.50. The fourth-order valence-electron chi connectivity index (χ4n) is 2.34. The first-order chi connectivity index (χ1) is 9.16. The maximum Gasteiger partial charge on any atom is 0.252 e. The molecule has 0 radical (unpaired) electrons. The predicted octanol–water partition coefficient (Wildman–Crippen LogP) is 1.83. The number of carbonyl (C=O) groups is 1. The first kappa shape index (κ1) is 14.5. The van der Waals surface area contributed by atoms with Crippen LogP contribution in [-0.2, 0) is 16.1 Å². The van der Waals surface area contributed by atoms with Gasteiger partial charge in [-0.3, -0.25) is 4.79 Å². The Hall–Kier alpha value is -0.910. The van der Waals surface area contributed by atoms with Gasteiger partial charge in [0.15, 0.2) is 0 Å². The van der Waals surface area contributed by atoms with Crippen LogP contribution >= 0.6 is 15.9 Å². The Labute approximate surface area is 122 Å². The topological polar surface area (TPSA) is 50.4 Å². The number of rotatable bonds is 4. The molecule has 104 valence electrons. The number of piperidine rings is 1. The predicted molar refractivity (Wildman–Crippen MR) is 77.8 cm³/mol. The van der Waals surface area contributed by atoms with E-state index in [1.54, 1.807) is 7.11 Å². The van der Waals surface area contributed by atoms with E-state index in [2.05, 4.69) is 26.6 Å². The Morgan fingerprint density at radius 1 is 1.47 bits per heavy atom. The van der Waals surface area contributed by atoms with Crippen LogP contribution in [0, 0.1) is 0 Å². The third kappa shape index (κ3) is 3.55. The number of hydrogen-bond acceptors (Lipinski definition) is 3. The maximum absolute atomic E-state index is 12.3. The average molecular weight is 327 g/mol. The molecule has 2 rings (SSSR count). The summed E-state index contributed by atoms with van der Waals surface area (Å²) in [5.41, 5.74) is 0.403. The van der Waals surface area contributed by atoms with E-state index >= 15 is 0 Å². The van der Waals surface area contributed by atoms with Gasteiger partial charge in [0.1, 0.15) is 5.60 Å². The minimum Gasteiger partial charge on any atom is -0.368 e. The van der Waals surface area contributed by atoms with Gasteiger partial charge >= 0.3 is 0 Å². The van der Waals surface area contributed by atoms with Crippen LogP contribution in [0.15, 0.2) is 28.7 Å². The van der Waals surface area contributed by atoms with Crippen LogP contribution in [0.3, 0.4) is 0 Å². The van der Waals surface area contributed by atoms with Gasteiger partial charge in [0.05, 0.1) is 0 Å². The molecule has 1 aliphatic rings. The van der Waals surface area contributed by atoms with Crippen molar-refractivity contribution in [1.29, 1.82) is 0 Å². The molecule has 2 N–H and O–H groups in total. The van der Waals surface area contributed by atoms with Gasteiger partial charge in [-0.2, -0.15) is 0 Å². The minimum absolute atomic E-state index is 0.0172. The molecule has 1 fully saturated rings. The van der Waals surface area contributed by atoms with E-state index in [4.69, 9.17) is 4.74 Å². The zero-order valence-corrected chi connectivity index (χ0v) is 12.6. The van der Waals surface area contributed by atoms with Crippen molar-refractivity contribution in [2.45, 2.75) is 25.0 Å². The second-order valence-corrected chi connectivity index (χ2v) is 5.68. The number of halogens is 1. The van der Waals surface area contributed by atoms with Crippen LogP contribution in [0.1, 0.15) is 18.4 Å². The molecular formula is C14H19BrN2O2. The van der Waals surface area contributed by atoms with Crippen LogP contribution in [0.2, 0.25) is 0 Å². The maximum atomic E-state index is 12.3. The summed E-state index contributed by atoms with van der Waals surface area (Å²) in [6, 6.07) is 7.92. The number of ether oxygens (including phenoxy) is 1. The first-order valence-electron chi connectivity index (χ1n) is 6.45. The van der Waals surface area contributed by atoms with E-state index in [9.17, 15) is 4.79 Å². The molecular weight excluding hydrogens is 308 g/mol. The Morgan fingerprint density at radius 2 is 2.21 bits per heavy atom. The van der Waals surface area contributed by atoms with Crippen LogP contribution in [0.4, 0.5) is 0 Å². The van der Waals surface area contributed by atoms with E-state index in [1.807, 2.05) is 24.3 Å². The highest BCUT2D eigenvalue weighted by atomic mass is 79.9. The van der Waals surface area contributed by atoms with Crippen LogP contribution in [0.25, 0.3) is 0 Å². The van der Waals surface area contributed by atoms with Crippen molar-refractivity contribution in [1.82, 2.24) is 10.6 Å². The van der Waals surface area contributed by atoms with Crippen molar-refractivity contribution in [3.63, 3.8) is 0 Å². The van der Waals surface area contributed by atoms with Crippen molar-refractivity contribution in [2.24, 2.45) is 0 Å². The monoisotopic (exact) mass is 326 g/mol. The lowest BCUT2D eigenvalue weighted by atomic mass is 9.91. The summed E-state index contributed by atoms with van der Waals surface area (Å²) in [5.74, 6) is -0.0172. The molecule has 0 atom stereocenters. The molecule has 0 aromatic heterocycles. The van der Waals surface area contributed by atoms with Crippen LogP contribution in [-0.4, -0.2) is 31.7 Å². The molecule has 0 bridgehead atoms. The zero-order chi connectivity index (χ0) is 13.7. The van der Waals surface area contributed by atoms with E-state index in [1.165, 1.54) is 0 Å². The second-order valence-electron chi connectivity index (χ2n) is 4.76. The highest BCUT2D eigenvalue weighted by Crippen LogP contribution is 2.22. The Kier molecular flexibility index (Phi) is 4.96. The number of amides is 1. The lowest BCUT2D eigenvalue weighted by molar-refractivity contribution is -0.146. The molecule has 0 unspecified atom stereocenters. The highest BCUT2D eigenvalue weighted by molar-refractivity contribution is 9.10. The van der Waals surface area contributed by atoms with E-state index in [0.717, 1.165) is 23.1 Å². The third-order valence-corrected chi connectivity index (χ3v) is 4.05. The fraction of sp³-hybridized carbons (Fsp3) is 0.500. The largest absolute Gasteiger partial charge is 0.368 e. The zero-order valence-electron chi connectivity index (χ0n) is 11.0. The molecule has 5 heteroatoms. The molecule has 1 amide bonds. The summed E-state index contributed by atoms with van der Waals surface area (Å²) in [5, 5.41) is 6.22. The Bertz CT molecular complexity index is 445. The van der Waals surface area contributed by atoms with Crippen molar-refractivity contribution >= 4 is 21.8 Å². The van der Waals surface area contributed by atoms with Crippen molar-refractivity contribution in [3.05, 3.63) is 34.3 Å². The van der Waals surface area contributed by atoms with Gasteiger partial charge < -0.3 is 15.4 Å². The lowest BCUT2D eigenvalue weighted by Crippen LogP contribution is -2.53. The highest BCUT2D eigenvalue weighted by Gasteiger charge is 2.39. The molecule has 4 nitrogen and oxygen atoms in total. The van der Waals surface area contributed by atoms with E-state index < -0.39 is 5.60 Å². The van der Waals surface area contributed by atoms with E-state index in [0.29, 0.717) is 19.4 Å². The van der Waals surface area contributed by atoms with Gasteiger partial charge in [0.2, 0.25) is 0 Å². The van der Waals surface area contributed by atoms with Gasteiger partial charge in [-0.05, 0) is 43.6 Å². The SMILES string of the molecule is COC1(C(=O)NCc2cccc(Br)c2)CCNCC1. The van der Waals surface area contributed by atoms with Gasteiger partial charge in [-0.25, -0.2) is 0 Å². The molecule has 1 aromatic carbocycles. The molecule has 0 aliphatic carbocycles. The molecule has 19 heavy (non-hydrogen) atoms. The summed E-state index contributed by atoms with van der Waals surface area (Å²) >= 11 is 3.42. The Morgan fingerprint density at radius 3 is 2.84 bits per heavy atom. The molecule has 0 saturated carbocycles. The Balaban J connectivity index is 1.96. The quantitative estimate of drug-likeness (QED) is 0.887. The smallest absolute Gasteiger partial charge is 0.252 e.